The summed E-state index contributed by atoms with van der Waals surface area (Å²) in [5, 5.41) is 9.93. The van der Waals surface area contributed by atoms with Crippen LogP contribution >= 0.6 is 0 Å². The van der Waals surface area contributed by atoms with Crippen LogP contribution in [0.1, 0.15) is 43.3 Å². The number of imidazole rings is 1. The molecule has 0 aliphatic carbocycles. The Hall–Kier alpha value is -0.870. The molecule has 1 fully saturated rings. The fourth-order valence-corrected chi connectivity index (χ4v) is 3.35. The Morgan fingerprint density at radius 3 is 2.94 bits per heavy atom. The quantitative estimate of drug-likeness (QED) is 0.865. The number of aliphatic hydroxyl groups is 1. The van der Waals surface area contributed by atoms with Gasteiger partial charge in [-0.05, 0) is 51.6 Å². The average Bonchev–Trinajstić information content (AvgIpc) is 2.73. The highest BCUT2D eigenvalue weighted by atomic mass is 16.3. The zero-order valence-corrected chi connectivity index (χ0v) is 11.2. The molecule has 18 heavy (non-hydrogen) atoms. The molecule has 2 unspecified atom stereocenters. The van der Waals surface area contributed by atoms with Crippen LogP contribution in [0.5, 0.6) is 0 Å². The second-order valence-electron chi connectivity index (χ2n) is 5.92. The maximum absolute atomic E-state index is 9.93. The lowest BCUT2D eigenvalue weighted by molar-refractivity contribution is 0.133. The molecule has 2 aliphatic rings. The lowest BCUT2D eigenvalue weighted by atomic mass is 9.94. The third-order valence-corrected chi connectivity index (χ3v) is 4.25. The summed E-state index contributed by atoms with van der Waals surface area (Å²) in [4.78, 5) is 7.06. The van der Waals surface area contributed by atoms with E-state index in [9.17, 15) is 5.11 Å². The maximum Gasteiger partial charge on any atom is 0.137 e. The zero-order valence-electron chi connectivity index (χ0n) is 11.2. The van der Waals surface area contributed by atoms with Crippen molar-refractivity contribution in [3.63, 3.8) is 0 Å². The first kappa shape index (κ1) is 12.2. The van der Waals surface area contributed by atoms with Crippen LogP contribution in [0.2, 0.25) is 0 Å². The van der Waals surface area contributed by atoms with Crippen LogP contribution in [0.4, 0.5) is 0 Å². The Labute approximate surface area is 109 Å². The molecule has 4 nitrogen and oxygen atoms in total. The molecule has 0 bridgehead atoms. The number of piperidine rings is 1. The van der Waals surface area contributed by atoms with Gasteiger partial charge < -0.3 is 14.6 Å². The number of fused-ring (bicyclic) bond motifs is 1. The largest absolute Gasteiger partial charge is 0.385 e. The number of hydrogen-bond acceptors (Lipinski definition) is 3. The summed E-state index contributed by atoms with van der Waals surface area (Å²) >= 11 is 0. The molecule has 1 aromatic heterocycles. The molecule has 1 N–H and O–H groups in total. The van der Waals surface area contributed by atoms with Gasteiger partial charge in [-0.1, -0.05) is 0 Å². The number of hydrogen-bond donors (Lipinski definition) is 1. The fraction of sp³-hybridized carbons (Fsp3) is 0.786. The predicted octanol–water partition coefficient (Wildman–Crippen LogP) is 1.59. The molecular weight excluding hydrogens is 226 g/mol. The van der Waals surface area contributed by atoms with Crippen molar-refractivity contribution < 1.29 is 5.11 Å². The number of rotatable bonds is 2. The smallest absolute Gasteiger partial charge is 0.137 e. The van der Waals surface area contributed by atoms with E-state index in [1.165, 1.54) is 31.6 Å². The molecule has 1 saturated heterocycles. The molecule has 0 aromatic carbocycles. The van der Waals surface area contributed by atoms with Crippen LogP contribution in [0.3, 0.4) is 0 Å². The van der Waals surface area contributed by atoms with Gasteiger partial charge in [0.25, 0.3) is 0 Å². The van der Waals surface area contributed by atoms with Gasteiger partial charge in [-0.15, -0.1) is 0 Å². The van der Waals surface area contributed by atoms with Crippen LogP contribution in [0.25, 0.3) is 0 Å². The van der Waals surface area contributed by atoms with Crippen molar-refractivity contribution in [2.24, 2.45) is 5.92 Å². The monoisotopic (exact) mass is 249 g/mol. The van der Waals surface area contributed by atoms with E-state index >= 15 is 0 Å². The van der Waals surface area contributed by atoms with E-state index in [1.807, 2.05) is 0 Å². The van der Waals surface area contributed by atoms with E-state index in [4.69, 9.17) is 0 Å². The van der Waals surface area contributed by atoms with Crippen LogP contribution in [0, 0.1) is 5.92 Å². The number of nitrogens with zero attached hydrogens (tertiary/aromatic N) is 3. The Morgan fingerprint density at radius 2 is 2.17 bits per heavy atom. The van der Waals surface area contributed by atoms with E-state index in [1.54, 1.807) is 0 Å². The van der Waals surface area contributed by atoms with Crippen LogP contribution in [-0.4, -0.2) is 39.7 Å². The molecule has 2 aliphatic heterocycles. The summed E-state index contributed by atoms with van der Waals surface area (Å²) in [5.74, 6) is 1.62. The normalized spacial score (nSPS) is 29.2. The van der Waals surface area contributed by atoms with E-state index in [-0.39, 0.29) is 6.10 Å². The molecule has 0 amide bonds. The van der Waals surface area contributed by atoms with E-state index in [2.05, 4.69) is 27.7 Å². The lowest BCUT2D eigenvalue weighted by Crippen LogP contribution is -2.33. The average molecular weight is 249 g/mol. The number of likely N-dealkylation sites (tertiary alicyclic amines) is 1. The molecule has 2 atom stereocenters. The summed E-state index contributed by atoms with van der Waals surface area (Å²) in [7, 11) is 2.20. The van der Waals surface area contributed by atoms with Crippen molar-refractivity contribution in [1.82, 2.24) is 14.5 Å². The highest BCUT2D eigenvalue weighted by Gasteiger charge is 2.23. The van der Waals surface area contributed by atoms with Crippen molar-refractivity contribution in [1.29, 1.82) is 0 Å². The van der Waals surface area contributed by atoms with Crippen molar-refractivity contribution in [2.75, 3.05) is 20.1 Å². The summed E-state index contributed by atoms with van der Waals surface area (Å²) < 4.78 is 2.15. The molecule has 4 heteroatoms. The van der Waals surface area contributed by atoms with Gasteiger partial charge in [-0.3, -0.25) is 0 Å². The summed E-state index contributed by atoms with van der Waals surface area (Å²) in [5.41, 5.74) is 1.17. The fourth-order valence-electron chi connectivity index (χ4n) is 3.35. The summed E-state index contributed by atoms with van der Waals surface area (Å²) in [6.07, 6.45) is 7.43. The minimum absolute atomic E-state index is 0.346. The van der Waals surface area contributed by atoms with Gasteiger partial charge in [0.05, 0.1) is 5.69 Å². The molecule has 0 spiro atoms. The highest BCUT2D eigenvalue weighted by molar-refractivity contribution is 5.09. The Kier molecular flexibility index (Phi) is 3.39. The number of aliphatic hydroxyl groups excluding tert-OH is 1. The summed E-state index contributed by atoms with van der Waals surface area (Å²) in [6.45, 7) is 3.43. The van der Waals surface area contributed by atoms with E-state index in [0.29, 0.717) is 0 Å². The van der Waals surface area contributed by atoms with E-state index < -0.39 is 0 Å². The second-order valence-corrected chi connectivity index (χ2v) is 5.92. The third-order valence-electron chi connectivity index (χ3n) is 4.25. The highest BCUT2D eigenvalue weighted by Crippen LogP contribution is 2.26. The molecular formula is C14H23N3O. The van der Waals surface area contributed by atoms with Crippen LogP contribution in [0.15, 0.2) is 6.20 Å². The van der Waals surface area contributed by atoms with Gasteiger partial charge in [-0.25, -0.2) is 4.98 Å². The topological polar surface area (TPSA) is 41.3 Å². The summed E-state index contributed by atoms with van der Waals surface area (Å²) in [6, 6.07) is 0. The SMILES string of the molecule is CN1CCCC(Cc2cn3c(n2)C(O)CCC3)C1. The van der Waals surface area contributed by atoms with Crippen molar-refractivity contribution in [3.8, 4) is 0 Å². The van der Waals surface area contributed by atoms with Gasteiger partial charge in [-0.2, -0.15) is 0 Å². The van der Waals surface area contributed by atoms with Crippen molar-refractivity contribution in [3.05, 3.63) is 17.7 Å². The standard InChI is InChI=1S/C14H23N3O/c1-16-6-2-4-11(9-16)8-12-10-17-7-3-5-13(18)14(17)15-12/h10-11,13,18H,2-9H2,1H3. The third kappa shape index (κ3) is 2.45. The van der Waals surface area contributed by atoms with Gasteiger partial charge >= 0.3 is 0 Å². The minimum atomic E-state index is -0.346. The lowest BCUT2D eigenvalue weighted by Gasteiger charge is -2.29. The first-order chi connectivity index (χ1) is 8.72. The zero-order chi connectivity index (χ0) is 12.5. The molecule has 0 radical (unpaired) electrons. The van der Waals surface area contributed by atoms with Gasteiger partial charge in [0.15, 0.2) is 0 Å². The van der Waals surface area contributed by atoms with Gasteiger partial charge in [0, 0.05) is 19.3 Å². The minimum Gasteiger partial charge on any atom is -0.385 e. The molecule has 3 heterocycles. The number of aromatic nitrogens is 2. The maximum atomic E-state index is 9.93. The molecule has 1 aromatic rings. The predicted molar refractivity (Wildman–Crippen MR) is 70.3 cm³/mol. The molecule has 0 saturated carbocycles. The Balaban J connectivity index is 1.69. The second kappa shape index (κ2) is 5.02. The van der Waals surface area contributed by atoms with Crippen molar-refractivity contribution >= 4 is 0 Å². The molecule has 3 rings (SSSR count). The van der Waals surface area contributed by atoms with Gasteiger partial charge in [0.1, 0.15) is 11.9 Å². The first-order valence-corrected chi connectivity index (χ1v) is 7.15. The Morgan fingerprint density at radius 1 is 1.33 bits per heavy atom. The Bertz CT molecular complexity index is 415. The van der Waals surface area contributed by atoms with E-state index in [0.717, 1.165) is 37.5 Å². The van der Waals surface area contributed by atoms with Gasteiger partial charge in [0.2, 0.25) is 0 Å². The molecule has 100 valence electrons. The first-order valence-electron chi connectivity index (χ1n) is 7.15. The van der Waals surface area contributed by atoms with Crippen LogP contribution < -0.4 is 0 Å². The number of aryl methyl sites for hydroxylation is 1. The van der Waals surface area contributed by atoms with Crippen molar-refractivity contribution in [2.45, 2.75) is 44.8 Å². The van der Waals surface area contributed by atoms with Crippen LogP contribution in [-0.2, 0) is 13.0 Å².